The van der Waals surface area contributed by atoms with Crippen molar-refractivity contribution in [3.63, 3.8) is 0 Å². The van der Waals surface area contributed by atoms with E-state index in [4.69, 9.17) is 0 Å². The molecular weight excluding hydrogens is 300 g/mol. The Morgan fingerprint density at radius 1 is 0.917 bits per heavy atom. The van der Waals surface area contributed by atoms with Gasteiger partial charge in [0, 0.05) is 11.1 Å². The van der Waals surface area contributed by atoms with Gasteiger partial charge in [-0.05, 0) is 30.0 Å². The third-order valence-electron chi connectivity index (χ3n) is 4.23. The molecular formula is C21H26O3. The van der Waals surface area contributed by atoms with Crippen LogP contribution in [0.15, 0.2) is 48.5 Å². The monoisotopic (exact) mass is 326 g/mol. The lowest BCUT2D eigenvalue weighted by Gasteiger charge is -2.18. The number of ketones is 1. The molecule has 2 unspecified atom stereocenters. The first-order valence-electron chi connectivity index (χ1n) is 8.68. The topological polar surface area (TPSA) is 57.5 Å². The van der Waals surface area contributed by atoms with Crippen LogP contribution in [0.4, 0.5) is 0 Å². The molecule has 0 fully saturated rings. The van der Waals surface area contributed by atoms with Crippen LogP contribution in [0, 0.1) is 0 Å². The Labute approximate surface area is 144 Å². The molecule has 2 atom stereocenters. The highest BCUT2D eigenvalue weighted by molar-refractivity contribution is 6.10. The highest BCUT2D eigenvalue weighted by atomic mass is 16.3. The van der Waals surface area contributed by atoms with Gasteiger partial charge in [-0.15, -0.1) is 0 Å². The number of hydrogen-bond donors (Lipinski definition) is 2. The SMILES string of the molecule is CCCC(O)c1ccc(C(O)CCC)c(C(=O)c2ccccc2)c1. The van der Waals surface area contributed by atoms with Crippen molar-refractivity contribution in [2.75, 3.05) is 0 Å². The quantitative estimate of drug-likeness (QED) is 0.698. The highest BCUT2D eigenvalue weighted by Crippen LogP contribution is 2.28. The lowest BCUT2D eigenvalue weighted by Crippen LogP contribution is -2.11. The molecule has 2 aromatic carbocycles. The standard InChI is InChI=1S/C21H26O3/c1-3-8-19(22)16-12-13-17(20(23)9-4-2)18(14-16)21(24)15-10-6-5-7-11-15/h5-7,10-14,19-20,22-23H,3-4,8-9H2,1-2H3. The fraction of sp³-hybridized carbons (Fsp3) is 0.381. The molecule has 0 saturated carbocycles. The van der Waals surface area contributed by atoms with Crippen LogP contribution < -0.4 is 0 Å². The van der Waals surface area contributed by atoms with Gasteiger partial charge >= 0.3 is 0 Å². The average Bonchev–Trinajstić information content (AvgIpc) is 2.61. The van der Waals surface area contributed by atoms with E-state index in [1.54, 1.807) is 24.3 Å². The molecule has 24 heavy (non-hydrogen) atoms. The molecule has 2 aromatic rings. The van der Waals surface area contributed by atoms with Gasteiger partial charge in [0.25, 0.3) is 0 Å². The summed E-state index contributed by atoms with van der Waals surface area (Å²) in [7, 11) is 0. The number of benzene rings is 2. The van der Waals surface area contributed by atoms with Crippen LogP contribution in [0.5, 0.6) is 0 Å². The second kappa shape index (κ2) is 8.76. The van der Waals surface area contributed by atoms with Gasteiger partial charge in [0.05, 0.1) is 12.2 Å². The fourth-order valence-electron chi connectivity index (χ4n) is 2.88. The second-order valence-electron chi connectivity index (χ2n) is 6.15. The van der Waals surface area contributed by atoms with Gasteiger partial charge in [-0.1, -0.05) is 69.2 Å². The van der Waals surface area contributed by atoms with E-state index in [9.17, 15) is 15.0 Å². The number of hydrogen-bond acceptors (Lipinski definition) is 3. The van der Waals surface area contributed by atoms with E-state index in [2.05, 4.69) is 0 Å². The van der Waals surface area contributed by atoms with Gasteiger partial charge in [-0.3, -0.25) is 4.79 Å². The van der Waals surface area contributed by atoms with Crippen LogP contribution in [-0.2, 0) is 0 Å². The van der Waals surface area contributed by atoms with Crippen molar-refractivity contribution in [1.29, 1.82) is 0 Å². The summed E-state index contributed by atoms with van der Waals surface area (Å²) in [6.45, 7) is 4.01. The van der Waals surface area contributed by atoms with E-state index in [1.165, 1.54) is 0 Å². The molecule has 0 spiro atoms. The van der Waals surface area contributed by atoms with E-state index < -0.39 is 12.2 Å². The van der Waals surface area contributed by atoms with Crippen molar-refractivity contribution in [3.8, 4) is 0 Å². The molecule has 0 radical (unpaired) electrons. The summed E-state index contributed by atoms with van der Waals surface area (Å²) in [6, 6.07) is 14.4. The molecule has 128 valence electrons. The minimum Gasteiger partial charge on any atom is -0.388 e. The Bertz CT molecular complexity index is 664. The van der Waals surface area contributed by atoms with Gasteiger partial charge < -0.3 is 10.2 Å². The Kier molecular flexibility index (Phi) is 6.71. The zero-order chi connectivity index (χ0) is 17.5. The zero-order valence-corrected chi connectivity index (χ0v) is 14.4. The van der Waals surface area contributed by atoms with Gasteiger partial charge in [-0.25, -0.2) is 0 Å². The Morgan fingerprint density at radius 3 is 2.17 bits per heavy atom. The summed E-state index contributed by atoms with van der Waals surface area (Å²) in [6.07, 6.45) is 1.69. The maximum absolute atomic E-state index is 12.9. The van der Waals surface area contributed by atoms with E-state index in [0.29, 0.717) is 29.5 Å². The number of carbonyl (C=O) groups excluding carboxylic acids is 1. The molecule has 2 rings (SSSR count). The normalized spacial score (nSPS) is 13.5. The summed E-state index contributed by atoms with van der Waals surface area (Å²) < 4.78 is 0. The number of aliphatic hydroxyl groups is 2. The molecule has 3 heteroatoms. The van der Waals surface area contributed by atoms with Crippen molar-refractivity contribution in [3.05, 3.63) is 70.8 Å². The minimum atomic E-state index is -0.671. The average molecular weight is 326 g/mol. The van der Waals surface area contributed by atoms with E-state index in [-0.39, 0.29) is 5.78 Å². The molecule has 0 aliphatic heterocycles. The smallest absolute Gasteiger partial charge is 0.193 e. The largest absolute Gasteiger partial charge is 0.388 e. The lowest BCUT2D eigenvalue weighted by molar-refractivity contribution is 0.102. The molecule has 0 amide bonds. The second-order valence-corrected chi connectivity index (χ2v) is 6.15. The summed E-state index contributed by atoms with van der Waals surface area (Å²) in [5, 5.41) is 20.7. The third kappa shape index (κ3) is 4.31. The van der Waals surface area contributed by atoms with Gasteiger partial charge in [0.2, 0.25) is 0 Å². The van der Waals surface area contributed by atoms with Crippen molar-refractivity contribution < 1.29 is 15.0 Å². The van der Waals surface area contributed by atoms with Crippen LogP contribution in [0.3, 0.4) is 0 Å². The molecule has 0 aliphatic rings. The summed E-state index contributed by atoms with van der Waals surface area (Å²) >= 11 is 0. The molecule has 0 aromatic heterocycles. The van der Waals surface area contributed by atoms with Crippen molar-refractivity contribution in [1.82, 2.24) is 0 Å². The van der Waals surface area contributed by atoms with Crippen LogP contribution in [-0.4, -0.2) is 16.0 Å². The molecule has 0 bridgehead atoms. The molecule has 0 aliphatic carbocycles. The number of rotatable bonds is 8. The van der Waals surface area contributed by atoms with Crippen molar-refractivity contribution in [2.24, 2.45) is 0 Å². The van der Waals surface area contributed by atoms with Crippen molar-refractivity contribution >= 4 is 5.78 Å². The van der Waals surface area contributed by atoms with Crippen molar-refractivity contribution in [2.45, 2.75) is 51.7 Å². The lowest BCUT2D eigenvalue weighted by atomic mass is 9.90. The van der Waals surface area contributed by atoms with Crippen LogP contribution in [0.2, 0.25) is 0 Å². The van der Waals surface area contributed by atoms with Crippen LogP contribution in [0.1, 0.15) is 78.8 Å². The summed E-state index contributed by atoms with van der Waals surface area (Å²) in [4.78, 5) is 12.9. The first kappa shape index (κ1) is 18.4. The van der Waals surface area contributed by atoms with Gasteiger partial charge in [0.1, 0.15) is 0 Å². The maximum atomic E-state index is 12.9. The predicted molar refractivity (Wildman–Crippen MR) is 96.1 cm³/mol. The Morgan fingerprint density at radius 2 is 1.54 bits per heavy atom. The maximum Gasteiger partial charge on any atom is 0.193 e. The minimum absolute atomic E-state index is 0.119. The number of aliphatic hydroxyl groups excluding tert-OH is 2. The van der Waals surface area contributed by atoms with Gasteiger partial charge in [-0.2, -0.15) is 0 Å². The number of carbonyl (C=O) groups is 1. The highest BCUT2D eigenvalue weighted by Gasteiger charge is 2.20. The molecule has 0 heterocycles. The Balaban J connectivity index is 2.47. The fourth-order valence-corrected chi connectivity index (χ4v) is 2.88. The van der Waals surface area contributed by atoms with Crippen LogP contribution in [0.25, 0.3) is 0 Å². The molecule has 2 N–H and O–H groups in total. The van der Waals surface area contributed by atoms with E-state index >= 15 is 0 Å². The summed E-state index contributed by atoms with van der Waals surface area (Å²) in [5.41, 5.74) is 2.43. The molecule has 0 saturated heterocycles. The van der Waals surface area contributed by atoms with E-state index in [1.807, 2.05) is 38.1 Å². The Hall–Kier alpha value is -1.97. The summed E-state index contributed by atoms with van der Waals surface area (Å²) in [5.74, 6) is -0.119. The first-order chi connectivity index (χ1) is 11.6. The first-order valence-corrected chi connectivity index (χ1v) is 8.68. The molecule has 3 nitrogen and oxygen atoms in total. The third-order valence-corrected chi connectivity index (χ3v) is 4.23. The van der Waals surface area contributed by atoms with Gasteiger partial charge in [0.15, 0.2) is 5.78 Å². The van der Waals surface area contributed by atoms with Crippen LogP contribution >= 0.6 is 0 Å². The van der Waals surface area contributed by atoms with E-state index in [0.717, 1.165) is 18.4 Å². The predicted octanol–water partition coefficient (Wildman–Crippen LogP) is 4.58. The zero-order valence-electron chi connectivity index (χ0n) is 14.4.